The Morgan fingerprint density at radius 3 is 2.93 bits per heavy atom. The van der Waals surface area contributed by atoms with Crippen molar-refractivity contribution in [3.8, 4) is 0 Å². The predicted molar refractivity (Wildman–Crippen MR) is 50.0 cm³/mol. The van der Waals surface area contributed by atoms with Crippen LogP contribution in [0.15, 0.2) is 18.5 Å². The molecule has 2 aromatic heterocycles. The van der Waals surface area contributed by atoms with Gasteiger partial charge in [0.2, 0.25) is 11.6 Å². The minimum absolute atomic E-state index is 0.0597. The van der Waals surface area contributed by atoms with Crippen molar-refractivity contribution >= 4 is 11.6 Å². The van der Waals surface area contributed by atoms with Gasteiger partial charge < -0.3 is 0 Å². The van der Waals surface area contributed by atoms with Crippen molar-refractivity contribution in [2.75, 3.05) is 0 Å². The number of aromatic nitrogens is 4. The van der Waals surface area contributed by atoms with Crippen LogP contribution in [-0.4, -0.2) is 25.4 Å². The molecule has 0 aliphatic heterocycles. The Kier molecular flexibility index (Phi) is 1.99. The number of carbonyl (C=O) groups excluding carboxylic acids is 1. The SMILES string of the molecule is CC(C)C(=O)c1nc2ncccn2n1. The van der Waals surface area contributed by atoms with E-state index in [0.29, 0.717) is 5.78 Å². The monoisotopic (exact) mass is 190 g/mol. The smallest absolute Gasteiger partial charge is 0.252 e. The molecule has 0 aliphatic carbocycles. The van der Waals surface area contributed by atoms with Crippen LogP contribution in [0.1, 0.15) is 24.5 Å². The summed E-state index contributed by atoms with van der Waals surface area (Å²) in [7, 11) is 0. The van der Waals surface area contributed by atoms with Gasteiger partial charge >= 0.3 is 0 Å². The molecule has 0 N–H and O–H groups in total. The molecule has 2 heterocycles. The summed E-state index contributed by atoms with van der Waals surface area (Å²) in [6.07, 6.45) is 3.33. The molecule has 2 rings (SSSR count). The van der Waals surface area contributed by atoms with Crippen molar-refractivity contribution in [3.63, 3.8) is 0 Å². The highest BCUT2D eigenvalue weighted by Gasteiger charge is 2.16. The first-order chi connectivity index (χ1) is 6.68. The topological polar surface area (TPSA) is 60.2 Å². The Labute approximate surface area is 80.8 Å². The van der Waals surface area contributed by atoms with Gasteiger partial charge in [-0.05, 0) is 6.07 Å². The van der Waals surface area contributed by atoms with Crippen molar-refractivity contribution in [2.24, 2.45) is 5.92 Å². The zero-order chi connectivity index (χ0) is 10.1. The molecule has 2 aromatic rings. The van der Waals surface area contributed by atoms with Crippen molar-refractivity contribution < 1.29 is 4.79 Å². The van der Waals surface area contributed by atoms with Crippen LogP contribution < -0.4 is 0 Å². The number of nitrogens with zero attached hydrogens (tertiary/aromatic N) is 4. The van der Waals surface area contributed by atoms with Crippen molar-refractivity contribution in [1.29, 1.82) is 0 Å². The molecule has 14 heavy (non-hydrogen) atoms. The minimum Gasteiger partial charge on any atom is -0.290 e. The van der Waals surface area contributed by atoms with Gasteiger partial charge in [0.05, 0.1) is 0 Å². The van der Waals surface area contributed by atoms with Gasteiger partial charge in [0.15, 0.2) is 0 Å². The molecule has 0 spiro atoms. The summed E-state index contributed by atoms with van der Waals surface area (Å²) in [6, 6.07) is 1.74. The molecule has 5 nitrogen and oxygen atoms in total. The van der Waals surface area contributed by atoms with Gasteiger partial charge in [-0.25, -0.2) is 9.50 Å². The van der Waals surface area contributed by atoms with Gasteiger partial charge in [-0.15, -0.1) is 5.10 Å². The van der Waals surface area contributed by atoms with Gasteiger partial charge in [0.1, 0.15) is 0 Å². The fraction of sp³-hybridized carbons (Fsp3) is 0.333. The number of hydrogen-bond donors (Lipinski definition) is 0. The first kappa shape index (κ1) is 8.80. The summed E-state index contributed by atoms with van der Waals surface area (Å²) in [5.74, 6) is 0.540. The largest absolute Gasteiger partial charge is 0.290 e. The van der Waals surface area contributed by atoms with E-state index in [4.69, 9.17) is 0 Å². The van der Waals surface area contributed by atoms with E-state index in [1.54, 1.807) is 18.5 Å². The van der Waals surface area contributed by atoms with E-state index < -0.39 is 0 Å². The Hall–Kier alpha value is -1.78. The third-order valence-corrected chi connectivity index (χ3v) is 1.86. The fourth-order valence-corrected chi connectivity index (χ4v) is 1.10. The number of fused-ring (bicyclic) bond motifs is 1. The van der Waals surface area contributed by atoms with Crippen LogP contribution in [0.5, 0.6) is 0 Å². The van der Waals surface area contributed by atoms with Crippen LogP contribution in [-0.2, 0) is 0 Å². The molecule has 5 heteroatoms. The highest BCUT2D eigenvalue weighted by Crippen LogP contribution is 2.04. The molecule has 0 saturated carbocycles. The average molecular weight is 190 g/mol. The van der Waals surface area contributed by atoms with Crippen LogP contribution in [0, 0.1) is 5.92 Å². The number of carbonyl (C=O) groups is 1. The van der Waals surface area contributed by atoms with Gasteiger partial charge in [-0.1, -0.05) is 13.8 Å². The number of Topliss-reactive ketones (excluding diaryl/α,β-unsaturated/α-hetero) is 1. The summed E-state index contributed by atoms with van der Waals surface area (Å²) in [6.45, 7) is 3.64. The maximum absolute atomic E-state index is 11.5. The van der Waals surface area contributed by atoms with Crippen molar-refractivity contribution in [2.45, 2.75) is 13.8 Å². The molecular formula is C9H10N4O. The van der Waals surface area contributed by atoms with Gasteiger partial charge in [0.25, 0.3) is 5.78 Å². The summed E-state index contributed by atoms with van der Waals surface area (Å²) >= 11 is 0. The zero-order valence-electron chi connectivity index (χ0n) is 8.01. The lowest BCUT2D eigenvalue weighted by atomic mass is 10.1. The van der Waals surface area contributed by atoms with Crippen molar-refractivity contribution in [1.82, 2.24) is 19.6 Å². The Bertz CT molecular complexity index is 441. The molecule has 0 bridgehead atoms. The summed E-state index contributed by atoms with van der Waals surface area (Å²) in [5.41, 5.74) is 0. The summed E-state index contributed by atoms with van der Waals surface area (Å²) in [4.78, 5) is 19.6. The molecule has 0 radical (unpaired) electrons. The second kappa shape index (κ2) is 3.17. The Morgan fingerprint density at radius 1 is 1.50 bits per heavy atom. The maximum atomic E-state index is 11.5. The second-order valence-electron chi connectivity index (χ2n) is 3.32. The summed E-state index contributed by atoms with van der Waals surface area (Å²) in [5, 5.41) is 4.03. The van der Waals surface area contributed by atoms with Gasteiger partial charge in [0, 0.05) is 18.3 Å². The molecule has 0 aromatic carbocycles. The fourth-order valence-electron chi connectivity index (χ4n) is 1.10. The van der Waals surface area contributed by atoms with Crippen LogP contribution in [0.3, 0.4) is 0 Å². The lowest BCUT2D eigenvalue weighted by Crippen LogP contribution is -2.09. The molecule has 0 fully saturated rings. The van der Waals surface area contributed by atoms with Gasteiger partial charge in [-0.3, -0.25) is 4.79 Å². The van der Waals surface area contributed by atoms with Crippen LogP contribution in [0.25, 0.3) is 5.78 Å². The van der Waals surface area contributed by atoms with E-state index in [1.807, 2.05) is 13.8 Å². The molecular weight excluding hydrogens is 180 g/mol. The van der Waals surface area contributed by atoms with Crippen LogP contribution in [0.4, 0.5) is 0 Å². The number of ketones is 1. The molecule has 0 atom stereocenters. The van der Waals surface area contributed by atoms with E-state index in [-0.39, 0.29) is 17.5 Å². The van der Waals surface area contributed by atoms with Crippen LogP contribution >= 0.6 is 0 Å². The lowest BCUT2D eigenvalue weighted by Gasteiger charge is -1.95. The summed E-state index contributed by atoms with van der Waals surface area (Å²) < 4.78 is 1.50. The molecule has 0 amide bonds. The van der Waals surface area contributed by atoms with Crippen LogP contribution in [0.2, 0.25) is 0 Å². The maximum Gasteiger partial charge on any atom is 0.252 e. The number of rotatable bonds is 2. The molecule has 0 unspecified atom stereocenters. The predicted octanol–water partition coefficient (Wildman–Crippen LogP) is 0.963. The van der Waals surface area contributed by atoms with E-state index in [9.17, 15) is 4.79 Å². The quantitative estimate of drug-likeness (QED) is 0.662. The average Bonchev–Trinajstić information content (AvgIpc) is 2.59. The molecule has 0 aliphatic rings. The lowest BCUT2D eigenvalue weighted by molar-refractivity contribution is 0.0929. The third kappa shape index (κ3) is 1.37. The zero-order valence-corrected chi connectivity index (χ0v) is 8.01. The number of hydrogen-bond acceptors (Lipinski definition) is 4. The van der Waals surface area contributed by atoms with E-state index in [1.165, 1.54) is 4.52 Å². The van der Waals surface area contributed by atoms with E-state index in [0.717, 1.165) is 0 Å². The second-order valence-corrected chi connectivity index (χ2v) is 3.32. The van der Waals surface area contributed by atoms with E-state index >= 15 is 0 Å². The highest BCUT2D eigenvalue weighted by molar-refractivity contribution is 5.94. The van der Waals surface area contributed by atoms with Gasteiger partial charge in [-0.2, -0.15) is 4.98 Å². The standard InChI is InChI=1S/C9H10N4O/c1-6(2)7(14)8-11-9-10-4-3-5-13(9)12-8/h3-6H,1-2H3. The first-order valence-corrected chi connectivity index (χ1v) is 4.40. The molecule has 72 valence electrons. The normalized spacial score (nSPS) is 11.1. The first-order valence-electron chi connectivity index (χ1n) is 4.40. The third-order valence-electron chi connectivity index (χ3n) is 1.86. The molecule has 0 saturated heterocycles. The Balaban J connectivity index is 2.50. The highest BCUT2D eigenvalue weighted by atomic mass is 16.1. The van der Waals surface area contributed by atoms with Crippen molar-refractivity contribution in [3.05, 3.63) is 24.3 Å². The van der Waals surface area contributed by atoms with E-state index in [2.05, 4.69) is 15.1 Å². The Morgan fingerprint density at radius 2 is 2.29 bits per heavy atom. The minimum atomic E-state index is -0.0904.